The van der Waals surface area contributed by atoms with Crippen LogP contribution in [0.1, 0.15) is 5.69 Å². The third-order valence-corrected chi connectivity index (χ3v) is 6.04. The maximum atomic E-state index is 12.8. The maximum absolute atomic E-state index is 12.8. The van der Waals surface area contributed by atoms with Crippen LogP contribution >= 0.6 is 11.3 Å². The molecule has 1 N–H and O–H groups in total. The number of hydrogen-bond donors (Lipinski definition) is 1. The molecule has 3 aromatic heterocycles. The summed E-state index contributed by atoms with van der Waals surface area (Å²) in [5.41, 5.74) is 1.30. The Bertz CT molecular complexity index is 1210. The van der Waals surface area contributed by atoms with Crippen molar-refractivity contribution in [1.29, 1.82) is 0 Å². The van der Waals surface area contributed by atoms with Gasteiger partial charge in [-0.15, -0.1) is 11.3 Å². The number of nitrogens with one attached hydrogen (secondary N) is 1. The number of aromatic nitrogens is 3. The summed E-state index contributed by atoms with van der Waals surface area (Å²) >= 11 is 1.33. The number of ether oxygens (including phenoxy) is 1. The molecule has 0 aliphatic carbocycles. The first-order valence-electron chi connectivity index (χ1n) is 8.19. The summed E-state index contributed by atoms with van der Waals surface area (Å²) in [5, 5.41) is 6.71. The Morgan fingerprint density at radius 2 is 2.07 bits per heavy atom. The van der Waals surface area contributed by atoms with Crippen LogP contribution in [0.15, 0.2) is 63.4 Å². The fourth-order valence-corrected chi connectivity index (χ4v) is 4.43. The average molecular weight is 416 g/mol. The minimum absolute atomic E-state index is 0.0904. The third kappa shape index (κ3) is 3.51. The Balaban J connectivity index is 1.68. The lowest BCUT2D eigenvalue weighted by atomic mass is 10.3. The number of benzene rings is 1. The summed E-state index contributed by atoms with van der Waals surface area (Å²) in [6.45, 7) is 1.78. The first kappa shape index (κ1) is 18.3. The molecule has 10 heteroatoms. The highest BCUT2D eigenvalue weighted by atomic mass is 32.2. The van der Waals surface area contributed by atoms with E-state index in [-0.39, 0.29) is 4.90 Å². The van der Waals surface area contributed by atoms with Gasteiger partial charge in [-0.1, -0.05) is 6.07 Å². The molecule has 0 spiro atoms. The molecule has 144 valence electrons. The number of anilines is 1. The number of rotatable bonds is 6. The molecule has 0 atom stereocenters. The molecule has 0 bridgehead atoms. The predicted octanol–water partition coefficient (Wildman–Crippen LogP) is 3.71. The molecule has 0 radical (unpaired) electrons. The monoisotopic (exact) mass is 416 g/mol. The van der Waals surface area contributed by atoms with Crippen molar-refractivity contribution < 1.29 is 17.6 Å². The third-order valence-electron chi connectivity index (χ3n) is 3.87. The Kier molecular flexibility index (Phi) is 4.65. The van der Waals surface area contributed by atoms with Gasteiger partial charge in [0.1, 0.15) is 17.3 Å². The lowest BCUT2D eigenvalue weighted by Gasteiger charge is -2.09. The summed E-state index contributed by atoms with van der Waals surface area (Å²) in [6.07, 6.45) is 1.57. The van der Waals surface area contributed by atoms with Gasteiger partial charge in [0.2, 0.25) is 5.13 Å². The number of sulfonamides is 1. The van der Waals surface area contributed by atoms with E-state index in [0.29, 0.717) is 33.8 Å². The van der Waals surface area contributed by atoms with Crippen molar-refractivity contribution in [3.05, 3.63) is 59.8 Å². The lowest BCUT2D eigenvalue weighted by Crippen LogP contribution is -2.16. The van der Waals surface area contributed by atoms with Crippen molar-refractivity contribution in [1.82, 2.24) is 14.8 Å². The van der Waals surface area contributed by atoms with E-state index in [1.165, 1.54) is 35.3 Å². The molecule has 0 unspecified atom stereocenters. The molecule has 3 heterocycles. The van der Waals surface area contributed by atoms with E-state index in [1.54, 1.807) is 43.5 Å². The van der Waals surface area contributed by atoms with E-state index in [9.17, 15) is 8.42 Å². The van der Waals surface area contributed by atoms with Crippen LogP contribution in [-0.4, -0.2) is 30.3 Å². The van der Waals surface area contributed by atoms with E-state index in [2.05, 4.69) is 14.8 Å². The summed E-state index contributed by atoms with van der Waals surface area (Å²) in [5.74, 6) is 1.38. The molecule has 0 saturated carbocycles. The van der Waals surface area contributed by atoms with Gasteiger partial charge in [-0.05, 0) is 31.2 Å². The zero-order chi connectivity index (χ0) is 19.7. The Morgan fingerprint density at radius 3 is 2.82 bits per heavy atom. The van der Waals surface area contributed by atoms with Crippen LogP contribution in [0, 0.1) is 6.92 Å². The highest BCUT2D eigenvalue weighted by Gasteiger charge is 2.20. The Labute approximate surface area is 165 Å². The predicted molar refractivity (Wildman–Crippen MR) is 105 cm³/mol. The van der Waals surface area contributed by atoms with E-state index >= 15 is 0 Å². The van der Waals surface area contributed by atoms with Gasteiger partial charge in [0, 0.05) is 17.5 Å². The summed E-state index contributed by atoms with van der Waals surface area (Å²) in [4.78, 5) is 4.59. The van der Waals surface area contributed by atoms with Gasteiger partial charge in [-0.25, -0.2) is 13.4 Å². The van der Waals surface area contributed by atoms with Crippen molar-refractivity contribution in [3.63, 3.8) is 0 Å². The van der Waals surface area contributed by atoms with Gasteiger partial charge in [0.15, 0.2) is 5.76 Å². The Hall–Kier alpha value is -3.11. The second-order valence-electron chi connectivity index (χ2n) is 5.86. The van der Waals surface area contributed by atoms with E-state index in [0.717, 1.165) is 0 Å². The Morgan fingerprint density at radius 1 is 1.21 bits per heavy atom. The van der Waals surface area contributed by atoms with Crippen molar-refractivity contribution in [2.45, 2.75) is 11.8 Å². The highest BCUT2D eigenvalue weighted by molar-refractivity contribution is 7.92. The number of thiazole rings is 1. The van der Waals surface area contributed by atoms with Gasteiger partial charge < -0.3 is 9.15 Å². The van der Waals surface area contributed by atoms with Crippen molar-refractivity contribution in [3.8, 4) is 22.3 Å². The van der Waals surface area contributed by atoms with Gasteiger partial charge in [0.25, 0.3) is 10.0 Å². The zero-order valence-corrected chi connectivity index (χ0v) is 16.6. The molecule has 4 rings (SSSR count). The van der Waals surface area contributed by atoms with Crippen LogP contribution in [0.25, 0.3) is 16.6 Å². The van der Waals surface area contributed by atoms with Crippen molar-refractivity contribution in [2.24, 2.45) is 0 Å². The first-order chi connectivity index (χ1) is 13.5. The molecule has 0 amide bonds. The molecule has 8 nitrogen and oxygen atoms in total. The zero-order valence-electron chi connectivity index (χ0n) is 15.0. The van der Waals surface area contributed by atoms with E-state index < -0.39 is 10.0 Å². The standard InChI is InChI=1S/C18H16N4O4S2/c1-12-9-17(21-28(23,24)14-6-3-5-13(10-14)25-2)22(20-12)18-19-15(11-27-18)16-7-4-8-26-16/h3-11,21H,1-2H3. The summed E-state index contributed by atoms with van der Waals surface area (Å²) in [6, 6.07) is 11.5. The van der Waals surface area contributed by atoms with Crippen LogP contribution in [0.2, 0.25) is 0 Å². The van der Waals surface area contributed by atoms with Crippen LogP contribution in [0.3, 0.4) is 0 Å². The van der Waals surface area contributed by atoms with Gasteiger partial charge in [-0.2, -0.15) is 9.78 Å². The second kappa shape index (κ2) is 7.13. The van der Waals surface area contributed by atoms with Crippen molar-refractivity contribution >= 4 is 27.2 Å². The number of aryl methyl sites for hydroxylation is 1. The number of nitrogens with zero attached hydrogens (tertiary/aromatic N) is 3. The van der Waals surface area contributed by atoms with Gasteiger partial charge in [0.05, 0.1) is 24.0 Å². The summed E-state index contributed by atoms with van der Waals surface area (Å²) < 4.78 is 40.1. The SMILES string of the molecule is COc1cccc(S(=O)(=O)Nc2cc(C)nn2-c2nc(-c3ccco3)cs2)c1. The fourth-order valence-electron chi connectivity index (χ4n) is 2.58. The molecule has 0 saturated heterocycles. The molecular formula is C18H16N4O4S2. The highest BCUT2D eigenvalue weighted by Crippen LogP contribution is 2.28. The minimum Gasteiger partial charge on any atom is -0.497 e. The second-order valence-corrected chi connectivity index (χ2v) is 8.38. The minimum atomic E-state index is -3.83. The van der Waals surface area contributed by atoms with Crippen LogP contribution in [0.5, 0.6) is 5.75 Å². The van der Waals surface area contributed by atoms with Crippen LogP contribution in [0.4, 0.5) is 5.82 Å². The normalized spacial score (nSPS) is 11.5. The molecule has 0 fully saturated rings. The molecule has 28 heavy (non-hydrogen) atoms. The average Bonchev–Trinajstić information content (AvgIpc) is 3.42. The molecular weight excluding hydrogens is 400 g/mol. The molecule has 0 aliphatic rings. The smallest absolute Gasteiger partial charge is 0.263 e. The quantitative estimate of drug-likeness (QED) is 0.514. The maximum Gasteiger partial charge on any atom is 0.263 e. The van der Waals surface area contributed by atoms with E-state index in [4.69, 9.17) is 9.15 Å². The fraction of sp³-hybridized carbons (Fsp3) is 0.111. The largest absolute Gasteiger partial charge is 0.497 e. The van der Waals surface area contributed by atoms with Crippen LogP contribution in [-0.2, 0) is 10.0 Å². The first-order valence-corrected chi connectivity index (χ1v) is 10.6. The van der Waals surface area contributed by atoms with E-state index in [1.807, 2.05) is 5.38 Å². The lowest BCUT2D eigenvalue weighted by molar-refractivity contribution is 0.413. The van der Waals surface area contributed by atoms with Crippen molar-refractivity contribution in [2.75, 3.05) is 11.8 Å². The summed E-state index contributed by atoms with van der Waals surface area (Å²) in [7, 11) is -2.35. The molecule has 0 aliphatic heterocycles. The molecule has 1 aromatic carbocycles. The van der Waals surface area contributed by atoms with Crippen LogP contribution < -0.4 is 9.46 Å². The van der Waals surface area contributed by atoms with Gasteiger partial charge >= 0.3 is 0 Å². The number of hydrogen-bond acceptors (Lipinski definition) is 7. The topological polar surface area (TPSA) is 99.2 Å². The number of furan rings is 1. The van der Waals surface area contributed by atoms with Gasteiger partial charge in [-0.3, -0.25) is 4.72 Å². The number of methoxy groups -OCH3 is 1. The molecule has 4 aromatic rings.